The molecule has 0 radical (unpaired) electrons. The van der Waals surface area contributed by atoms with Crippen LogP contribution in [0.25, 0.3) is 0 Å². The lowest BCUT2D eigenvalue weighted by Gasteiger charge is -2.10. The number of carbonyl (C=O) groups is 2. The SMILES string of the molecule is Cc1ccc(OCC(=O)Oc2ccc(C(=O)OCCc3ccccc3)cc2)c(C)c1. The number of hydrogen-bond acceptors (Lipinski definition) is 5. The maximum atomic E-state index is 12.1. The molecule has 0 aliphatic carbocycles. The summed E-state index contributed by atoms with van der Waals surface area (Å²) >= 11 is 0. The Balaban J connectivity index is 1.45. The Bertz CT molecular complexity index is 994. The van der Waals surface area contributed by atoms with Crippen LogP contribution in [0.15, 0.2) is 72.8 Å². The average molecular weight is 404 g/mol. The van der Waals surface area contributed by atoms with Crippen molar-refractivity contribution in [3.05, 3.63) is 95.1 Å². The van der Waals surface area contributed by atoms with E-state index in [1.165, 1.54) is 0 Å². The van der Waals surface area contributed by atoms with Gasteiger partial charge in [0.1, 0.15) is 11.5 Å². The summed E-state index contributed by atoms with van der Waals surface area (Å²) in [5.74, 6) is 0.0476. The van der Waals surface area contributed by atoms with Crippen molar-refractivity contribution in [1.29, 1.82) is 0 Å². The van der Waals surface area contributed by atoms with Crippen molar-refractivity contribution in [2.75, 3.05) is 13.2 Å². The van der Waals surface area contributed by atoms with Gasteiger partial charge in [-0.15, -0.1) is 0 Å². The van der Waals surface area contributed by atoms with Gasteiger partial charge < -0.3 is 14.2 Å². The van der Waals surface area contributed by atoms with E-state index in [4.69, 9.17) is 14.2 Å². The Morgan fingerprint density at radius 2 is 1.60 bits per heavy atom. The molecule has 0 aliphatic heterocycles. The van der Waals surface area contributed by atoms with E-state index < -0.39 is 11.9 Å². The summed E-state index contributed by atoms with van der Waals surface area (Å²) in [4.78, 5) is 24.2. The summed E-state index contributed by atoms with van der Waals surface area (Å²) in [5.41, 5.74) is 3.59. The highest BCUT2D eigenvalue weighted by molar-refractivity contribution is 5.89. The molecule has 0 spiro atoms. The highest BCUT2D eigenvalue weighted by Crippen LogP contribution is 2.19. The number of carbonyl (C=O) groups excluding carboxylic acids is 2. The molecule has 0 aliphatic rings. The first kappa shape index (κ1) is 21.1. The fourth-order valence-corrected chi connectivity index (χ4v) is 2.91. The van der Waals surface area contributed by atoms with Crippen LogP contribution < -0.4 is 9.47 Å². The predicted octanol–water partition coefficient (Wildman–Crippen LogP) is 4.69. The van der Waals surface area contributed by atoms with E-state index in [-0.39, 0.29) is 6.61 Å². The largest absolute Gasteiger partial charge is 0.482 e. The summed E-state index contributed by atoms with van der Waals surface area (Å²) in [6.07, 6.45) is 0.655. The van der Waals surface area contributed by atoms with Crippen LogP contribution in [0.2, 0.25) is 0 Å². The van der Waals surface area contributed by atoms with Crippen LogP contribution >= 0.6 is 0 Å². The first-order valence-electron chi connectivity index (χ1n) is 9.73. The molecular formula is C25H24O5. The third kappa shape index (κ3) is 6.21. The van der Waals surface area contributed by atoms with E-state index in [9.17, 15) is 9.59 Å². The fraction of sp³-hybridized carbons (Fsp3) is 0.200. The lowest BCUT2D eigenvalue weighted by atomic mass is 10.1. The number of rotatable bonds is 8. The van der Waals surface area contributed by atoms with E-state index in [2.05, 4.69) is 0 Å². The second kappa shape index (κ2) is 10.3. The number of benzene rings is 3. The Morgan fingerprint density at radius 3 is 2.30 bits per heavy atom. The van der Waals surface area contributed by atoms with Crippen LogP contribution in [0.1, 0.15) is 27.0 Å². The van der Waals surface area contributed by atoms with Gasteiger partial charge in [-0.1, -0.05) is 48.0 Å². The molecule has 30 heavy (non-hydrogen) atoms. The van der Waals surface area contributed by atoms with Crippen molar-refractivity contribution in [2.45, 2.75) is 20.3 Å². The predicted molar refractivity (Wildman–Crippen MR) is 114 cm³/mol. The first-order chi connectivity index (χ1) is 14.5. The van der Waals surface area contributed by atoms with Crippen LogP contribution in [-0.2, 0) is 16.0 Å². The third-order valence-corrected chi connectivity index (χ3v) is 4.46. The molecule has 0 atom stereocenters. The summed E-state index contributed by atoms with van der Waals surface area (Å²) in [6, 6.07) is 21.8. The molecule has 0 saturated heterocycles. The lowest BCUT2D eigenvalue weighted by molar-refractivity contribution is -0.136. The third-order valence-electron chi connectivity index (χ3n) is 4.46. The Kier molecular flexibility index (Phi) is 7.22. The van der Waals surface area contributed by atoms with Gasteiger partial charge in [0.25, 0.3) is 0 Å². The van der Waals surface area contributed by atoms with Gasteiger partial charge in [0, 0.05) is 6.42 Å². The van der Waals surface area contributed by atoms with Crippen molar-refractivity contribution in [1.82, 2.24) is 0 Å². The number of ether oxygens (including phenoxy) is 3. The second-order valence-corrected chi connectivity index (χ2v) is 6.93. The first-order valence-corrected chi connectivity index (χ1v) is 9.73. The van der Waals surface area contributed by atoms with E-state index in [0.717, 1.165) is 16.7 Å². The average Bonchev–Trinajstić information content (AvgIpc) is 2.74. The minimum Gasteiger partial charge on any atom is -0.482 e. The van der Waals surface area contributed by atoms with Gasteiger partial charge in [-0.2, -0.15) is 0 Å². The van der Waals surface area contributed by atoms with Gasteiger partial charge in [-0.05, 0) is 55.3 Å². The second-order valence-electron chi connectivity index (χ2n) is 6.93. The van der Waals surface area contributed by atoms with Crippen LogP contribution in [0.3, 0.4) is 0 Å². The van der Waals surface area contributed by atoms with Gasteiger partial charge in [-0.3, -0.25) is 0 Å². The van der Waals surface area contributed by atoms with Gasteiger partial charge in [0.2, 0.25) is 0 Å². The smallest absolute Gasteiger partial charge is 0.349 e. The zero-order valence-electron chi connectivity index (χ0n) is 17.1. The topological polar surface area (TPSA) is 61.8 Å². The van der Waals surface area contributed by atoms with Crippen molar-refractivity contribution in [2.24, 2.45) is 0 Å². The molecule has 0 aromatic heterocycles. The standard InChI is InChI=1S/C25H24O5/c1-18-8-13-23(19(2)16-18)29-17-24(26)30-22-11-9-21(10-12-22)25(27)28-15-14-20-6-4-3-5-7-20/h3-13,16H,14-15,17H2,1-2H3. The molecule has 0 heterocycles. The van der Waals surface area contributed by atoms with E-state index in [0.29, 0.717) is 30.1 Å². The van der Waals surface area contributed by atoms with Crippen LogP contribution in [0, 0.1) is 13.8 Å². The van der Waals surface area contributed by atoms with Crippen LogP contribution in [0.4, 0.5) is 0 Å². The van der Waals surface area contributed by atoms with Crippen LogP contribution in [0.5, 0.6) is 11.5 Å². The molecule has 5 heteroatoms. The quantitative estimate of drug-likeness (QED) is 0.403. The number of esters is 2. The summed E-state index contributed by atoms with van der Waals surface area (Å²) in [7, 11) is 0. The summed E-state index contributed by atoms with van der Waals surface area (Å²) in [6.45, 7) is 4.02. The van der Waals surface area contributed by atoms with Crippen molar-refractivity contribution in [3.63, 3.8) is 0 Å². The molecule has 0 N–H and O–H groups in total. The number of aryl methyl sites for hydroxylation is 2. The monoisotopic (exact) mass is 404 g/mol. The van der Waals surface area contributed by atoms with E-state index >= 15 is 0 Å². The fourth-order valence-electron chi connectivity index (χ4n) is 2.91. The highest BCUT2D eigenvalue weighted by Gasteiger charge is 2.10. The van der Waals surface area contributed by atoms with Crippen LogP contribution in [-0.4, -0.2) is 25.2 Å². The molecule has 5 nitrogen and oxygen atoms in total. The maximum absolute atomic E-state index is 12.1. The van der Waals surface area contributed by atoms with Gasteiger partial charge in [0.05, 0.1) is 12.2 Å². The molecular weight excluding hydrogens is 380 g/mol. The van der Waals surface area contributed by atoms with E-state index in [1.807, 2.05) is 62.4 Å². The maximum Gasteiger partial charge on any atom is 0.349 e. The summed E-state index contributed by atoms with van der Waals surface area (Å²) in [5, 5.41) is 0. The molecule has 0 bridgehead atoms. The van der Waals surface area contributed by atoms with E-state index in [1.54, 1.807) is 24.3 Å². The molecule has 0 unspecified atom stereocenters. The van der Waals surface area contributed by atoms with Gasteiger partial charge in [0.15, 0.2) is 6.61 Å². The molecule has 154 valence electrons. The lowest BCUT2D eigenvalue weighted by Crippen LogP contribution is -2.18. The molecule has 3 rings (SSSR count). The normalized spacial score (nSPS) is 10.3. The Hall–Kier alpha value is -3.60. The summed E-state index contributed by atoms with van der Waals surface area (Å²) < 4.78 is 16.1. The molecule has 0 fully saturated rings. The van der Waals surface area contributed by atoms with Crippen molar-refractivity contribution < 1.29 is 23.8 Å². The Morgan fingerprint density at radius 1 is 0.867 bits per heavy atom. The highest BCUT2D eigenvalue weighted by atomic mass is 16.6. The zero-order chi connectivity index (χ0) is 21.3. The number of hydrogen-bond donors (Lipinski definition) is 0. The zero-order valence-corrected chi connectivity index (χ0v) is 17.1. The minimum absolute atomic E-state index is 0.201. The molecule has 0 amide bonds. The molecule has 3 aromatic rings. The van der Waals surface area contributed by atoms with Gasteiger partial charge in [-0.25, -0.2) is 9.59 Å². The van der Waals surface area contributed by atoms with Crippen molar-refractivity contribution in [3.8, 4) is 11.5 Å². The minimum atomic E-state index is -0.520. The Labute approximate surface area is 176 Å². The molecule has 0 saturated carbocycles. The molecule has 3 aromatic carbocycles. The van der Waals surface area contributed by atoms with Gasteiger partial charge >= 0.3 is 11.9 Å². The van der Waals surface area contributed by atoms with Crippen molar-refractivity contribution >= 4 is 11.9 Å².